The second-order valence-electron chi connectivity index (χ2n) is 9.16. The van der Waals surface area contributed by atoms with Crippen molar-refractivity contribution in [1.29, 1.82) is 0 Å². The summed E-state index contributed by atoms with van der Waals surface area (Å²) in [5, 5.41) is 5.78. The van der Waals surface area contributed by atoms with E-state index in [-0.39, 0.29) is 25.0 Å². The predicted octanol–water partition coefficient (Wildman–Crippen LogP) is 4.24. The van der Waals surface area contributed by atoms with Crippen molar-refractivity contribution in [3.63, 3.8) is 0 Å². The van der Waals surface area contributed by atoms with Crippen molar-refractivity contribution in [3.05, 3.63) is 66.4 Å². The minimum absolute atomic E-state index is 0.132. The fourth-order valence-corrected chi connectivity index (χ4v) is 3.31. The molecule has 2 aromatic carbocycles. The van der Waals surface area contributed by atoms with Crippen LogP contribution in [-0.4, -0.2) is 58.7 Å². The summed E-state index contributed by atoms with van der Waals surface area (Å²) < 4.78 is 6.96. The number of anilines is 1. The van der Waals surface area contributed by atoms with Crippen LogP contribution in [0.3, 0.4) is 0 Å². The molecule has 0 fully saturated rings. The standard InChI is InChI=1S/C26H33N5O3/c1-19-11-13-21(14-12-19)31-17-22(20-9-7-6-8-10-20)27-24(31)28-23(32)18-30(15-16-34-5)25(33)29-26(2,3)4/h6-14,17H,15-16,18H2,1-5H3,(H,29,33)(H,27,28,32). The maximum Gasteiger partial charge on any atom is 0.318 e. The third-order valence-electron chi connectivity index (χ3n) is 5.01. The summed E-state index contributed by atoms with van der Waals surface area (Å²) in [7, 11) is 1.56. The average Bonchev–Trinajstić information content (AvgIpc) is 3.20. The quantitative estimate of drug-likeness (QED) is 0.523. The van der Waals surface area contributed by atoms with Crippen molar-refractivity contribution in [2.24, 2.45) is 0 Å². The maximum absolute atomic E-state index is 13.0. The predicted molar refractivity (Wildman–Crippen MR) is 134 cm³/mol. The highest BCUT2D eigenvalue weighted by atomic mass is 16.5. The van der Waals surface area contributed by atoms with Crippen molar-refractivity contribution in [2.75, 3.05) is 32.1 Å². The molecule has 0 aliphatic carbocycles. The van der Waals surface area contributed by atoms with E-state index >= 15 is 0 Å². The van der Waals surface area contributed by atoms with E-state index in [0.29, 0.717) is 12.6 Å². The van der Waals surface area contributed by atoms with E-state index in [1.165, 1.54) is 4.90 Å². The van der Waals surface area contributed by atoms with Gasteiger partial charge in [0.2, 0.25) is 11.9 Å². The molecule has 0 spiro atoms. The van der Waals surface area contributed by atoms with Gasteiger partial charge in [-0.15, -0.1) is 0 Å². The fraction of sp³-hybridized carbons (Fsp3) is 0.346. The first-order chi connectivity index (χ1) is 16.2. The van der Waals surface area contributed by atoms with Gasteiger partial charge in [-0.2, -0.15) is 0 Å². The Morgan fingerprint density at radius 3 is 2.35 bits per heavy atom. The molecule has 8 heteroatoms. The normalized spacial score (nSPS) is 11.2. The lowest BCUT2D eigenvalue weighted by Gasteiger charge is -2.28. The van der Waals surface area contributed by atoms with Crippen molar-refractivity contribution >= 4 is 17.9 Å². The lowest BCUT2D eigenvalue weighted by molar-refractivity contribution is -0.117. The molecule has 3 amide bonds. The Labute approximate surface area is 200 Å². The molecule has 0 saturated heterocycles. The minimum Gasteiger partial charge on any atom is -0.383 e. The number of nitrogens with zero attached hydrogens (tertiary/aromatic N) is 3. The number of hydrogen-bond acceptors (Lipinski definition) is 4. The molecule has 0 radical (unpaired) electrons. The summed E-state index contributed by atoms with van der Waals surface area (Å²) in [6.45, 7) is 8.17. The molecule has 0 saturated carbocycles. The number of carbonyl (C=O) groups is 2. The highest BCUT2D eigenvalue weighted by molar-refractivity contribution is 5.93. The molecule has 8 nitrogen and oxygen atoms in total. The zero-order valence-electron chi connectivity index (χ0n) is 20.5. The molecule has 180 valence electrons. The lowest BCUT2D eigenvalue weighted by atomic mass is 10.1. The minimum atomic E-state index is -0.425. The van der Waals surface area contributed by atoms with Gasteiger partial charge in [-0.3, -0.25) is 14.7 Å². The van der Waals surface area contributed by atoms with E-state index in [2.05, 4.69) is 15.6 Å². The largest absolute Gasteiger partial charge is 0.383 e. The topological polar surface area (TPSA) is 88.5 Å². The highest BCUT2D eigenvalue weighted by Crippen LogP contribution is 2.24. The van der Waals surface area contributed by atoms with E-state index in [9.17, 15) is 9.59 Å². The number of methoxy groups -OCH3 is 1. The second kappa shape index (κ2) is 11.0. The van der Waals surface area contributed by atoms with Crippen molar-refractivity contribution in [2.45, 2.75) is 33.2 Å². The molecule has 0 bridgehead atoms. The van der Waals surface area contributed by atoms with Crippen LogP contribution in [0, 0.1) is 6.92 Å². The van der Waals surface area contributed by atoms with Gasteiger partial charge in [-0.1, -0.05) is 48.0 Å². The Morgan fingerprint density at radius 1 is 1.06 bits per heavy atom. The van der Waals surface area contributed by atoms with Gasteiger partial charge >= 0.3 is 6.03 Å². The zero-order chi connectivity index (χ0) is 24.7. The molecule has 3 aromatic rings. The SMILES string of the molecule is COCCN(CC(=O)Nc1nc(-c2ccccc2)cn1-c1ccc(C)cc1)C(=O)NC(C)(C)C. The average molecular weight is 464 g/mol. The Morgan fingerprint density at radius 2 is 1.74 bits per heavy atom. The van der Waals surface area contributed by atoms with Gasteiger partial charge in [-0.05, 0) is 39.8 Å². The van der Waals surface area contributed by atoms with Crippen LogP contribution in [0.4, 0.5) is 10.7 Å². The third-order valence-corrected chi connectivity index (χ3v) is 5.01. The molecule has 1 heterocycles. The Bertz CT molecular complexity index is 1100. The van der Waals surface area contributed by atoms with Gasteiger partial charge in [0.05, 0.1) is 12.3 Å². The van der Waals surface area contributed by atoms with Gasteiger partial charge < -0.3 is 15.0 Å². The van der Waals surface area contributed by atoms with Crippen molar-refractivity contribution in [1.82, 2.24) is 19.8 Å². The number of urea groups is 1. The highest BCUT2D eigenvalue weighted by Gasteiger charge is 2.23. The molecule has 0 aliphatic heterocycles. The number of rotatable bonds is 8. The van der Waals surface area contributed by atoms with Crippen molar-refractivity contribution < 1.29 is 14.3 Å². The van der Waals surface area contributed by atoms with E-state index in [0.717, 1.165) is 22.5 Å². The zero-order valence-corrected chi connectivity index (χ0v) is 20.5. The van der Waals surface area contributed by atoms with E-state index in [4.69, 9.17) is 4.74 Å². The third kappa shape index (κ3) is 6.92. The number of aromatic nitrogens is 2. The summed E-state index contributed by atoms with van der Waals surface area (Å²) in [5.74, 6) is 0.0364. The summed E-state index contributed by atoms with van der Waals surface area (Å²) in [4.78, 5) is 31.8. The molecule has 1 aromatic heterocycles. The summed E-state index contributed by atoms with van der Waals surface area (Å²) in [6, 6.07) is 17.4. The van der Waals surface area contributed by atoms with E-state index in [1.54, 1.807) is 7.11 Å². The monoisotopic (exact) mass is 463 g/mol. The number of carbonyl (C=O) groups excluding carboxylic acids is 2. The fourth-order valence-electron chi connectivity index (χ4n) is 3.31. The first-order valence-corrected chi connectivity index (χ1v) is 11.2. The Kier molecular flexibility index (Phi) is 8.07. The van der Waals surface area contributed by atoms with E-state index < -0.39 is 5.54 Å². The van der Waals surface area contributed by atoms with Crippen LogP contribution in [0.15, 0.2) is 60.8 Å². The molecule has 0 atom stereocenters. The van der Waals surface area contributed by atoms with Crippen molar-refractivity contribution in [3.8, 4) is 16.9 Å². The Balaban J connectivity index is 1.85. The molecule has 34 heavy (non-hydrogen) atoms. The van der Waals surface area contributed by atoms with Crippen LogP contribution in [-0.2, 0) is 9.53 Å². The molecule has 2 N–H and O–H groups in total. The second-order valence-corrected chi connectivity index (χ2v) is 9.16. The molecular formula is C26H33N5O3. The Hall–Kier alpha value is -3.65. The first kappa shape index (κ1) is 25.0. The van der Waals surface area contributed by atoms with Gasteiger partial charge in [0.25, 0.3) is 0 Å². The molecular weight excluding hydrogens is 430 g/mol. The summed E-state index contributed by atoms with van der Waals surface area (Å²) in [5.41, 5.74) is 3.26. The van der Waals surface area contributed by atoms with Crippen LogP contribution in [0.25, 0.3) is 16.9 Å². The van der Waals surface area contributed by atoms with E-state index in [1.807, 2.05) is 93.1 Å². The van der Waals surface area contributed by atoms with Gasteiger partial charge in [0, 0.05) is 36.6 Å². The number of hydrogen-bond donors (Lipinski definition) is 2. The number of aryl methyl sites for hydroxylation is 1. The maximum atomic E-state index is 13.0. The van der Waals surface area contributed by atoms with Crippen LogP contribution in [0.2, 0.25) is 0 Å². The lowest BCUT2D eigenvalue weighted by Crippen LogP contribution is -2.51. The van der Waals surface area contributed by atoms with Gasteiger partial charge in [0.1, 0.15) is 6.54 Å². The number of imidazole rings is 1. The van der Waals surface area contributed by atoms with Crippen LogP contribution < -0.4 is 10.6 Å². The van der Waals surface area contributed by atoms with Crippen LogP contribution >= 0.6 is 0 Å². The van der Waals surface area contributed by atoms with Gasteiger partial charge in [-0.25, -0.2) is 9.78 Å². The number of nitrogens with one attached hydrogen (secondary N) is 2. The molecule has 0 aliphatic rings. The first-order valence-electron chi connectivity index (χ1n) is 11.2. The smallest absolute Gasteiger partial charge is 0.318 e. The summed E-state index contributed by atoms with van der Waals surface area (Å²) >= 11 is 0. The number of benzene rings is 2. The van der Waals surface area contributed by atoms with Gasteiger partial charge in [0.15, 0.2) is 0 Å². The summed E-state index contributed by atoms with van der Waals surface area (Å²) in [6.07, 6.45) is 1.89. The van der Waals surface area contributed by atoms with Crippen LogP contribution in [0.5, 0.6) is 0 Å². The molecule has 0 unspecified atom stereocenters. The number of amides is 3. The van der Waals surface area contributed by atoms with Crippen LogP contribution in [0.1, 0.15) is 26.3 Å². The number of ether oxygens (including phenoxy) is 1. The molecule has 3 rings (SSSR count).